The van der Waals surface area contributed by atoms with Gasteiger partial charge in [0.25, 0.3) is 11.8 Å². The van der Waals surface area contributed by atoms with Crippen molar-refractivity contribution in [3.63, 3.8) is 0 Å². The van der Waals surface area contributed by atoms with Crippen LogP contribution in [0.1, 0.15) is 64.9 Å². The summed E-state index contributed by atoms with van der Waals surface area (Å²) in [6, 6.07) is 11.7. The van der Waals surface area contributed by atoms with Crippen molar-refractivity contribution >= 4 is 43.5 Å². The lowest BCUT2D eigenvalue weighted by molar-refractivity contribution is -0.143. The quantitative estimate of drug-likeness (QED) is 0.317. The summed E-state index contributed by atoms with van der Waals surface area (Å²) in [5.41, 5.74) is 2.15. The fourth-order valence-corrected chi connectivity index (χ4v) is 5.06. The first-order chi connectivity index (χ1) is 16.9. The predicted molar refractivity (Wildman–Crippen MR) is 145 cm³/mol. The second kappa shape index (κ2) is 13.3. The highest BCUT2D eigenvalue weighted by molar-refractivity contribution is 9.10. The zero-order valence-corrected chi connectivity index (χ0v) is 23.7. The van der Waals surface area contributed by atoms with E-state index in [-0.39, 0.29) is 17.7 Å². The minimum Gasteiger partial charge on any atom is -0.380 e. The Morgan fingerprint density at radius 3 is 2.03 bits per heavy atom. The third-order valence-electron chi connectivity index (χ3n) is 5.86. The molecule has 1 atom stereocenters. The molecule has 2 amide bonds. The number of rotatable bonds is 12. The van der Waals surface area contributed by atoms with Gasteiger partial charge in [0.2, 0.25) is 10.0 Å². The van der Waals surface area contributed by atoms with Gasteiger partial charge in [0.1, 0.15) is 11.6 Å². The molecule has 0 saturated carbocycles. The number of nitrogens with zero attached hydrogens (tertiary/aromatic N) is 1. The van der Waals surface area contributed by atoms with Gasteiger partial charge in [-0.1, -0.05) is 73.2 Å². The molecule has 0 aliphatic rings. The number of carbonyl (C=O) groups is 2. The average molecular weight is 583 g/mol. The van der Waals surface area contributed by atoms with Gasteiger partial charge in [-0.3, -0.25) is 15.0 Å². The van der Waals surface area contributed by atoms with Crippen LogP contribution in [0.25, 0.3) is 0 Å². The maximum absolute atomic E-state index is 13.5. The highest BCUT2D eigenvalue weighted by atomic mass is 79.9. The number of carbonyl (C=O) groups excluding carboxylic acids is 2. The Balaban J connectivity index is 2.34. The monoisotopic (exact) mass is 581 g/mol. The van der Waals surface area contributed by atoms with Gasteiger partial charge in [-0.05, 0) is 63.1 Å². The molecule has 0 saturated heterocycles. The van der Waals surface area contributed by atoms with Gasteiger partial charge in [0.05, 0.1) is 10.6 Å². The molecule has 0 fully saturated rings. The Morgan fingerprint density at radius 1 is 1.00 bits per heavy atom. The lowest BCUT2D eigenvalue weighted by Gasteiger charge is -2.32. The topological polar surface area (TPSA) is 116 Å². The van der Waals surface area contributed by atoms with Crippen LogP contribution in [0.3, 0.4) is 0 Å². The Kier molecular flexibility index (Phi) is 11.1. The van der Waals surface area contributed by atoms with Gasteiger partial charge in [0.15, 0.2) is 0 Å². The van der Waals surface area contributed by atoms with Crippen molar-refractivity contribution in [3.8, 4) is 0 Å². The third-order valence-corrected chi connectivity index (χ3v) is 7.95. The van der Waals surface area contributed by atoms with E-state index in [1.165, 1.54) is 19.1 Å². The zero-order valence-electron chi connectivity index (χ0n) is 21.3. The highest BCUT2D eigenvalue weighted by Crippen LogP contribution is 2.24. The number of hydrogen-bond acceptors (Lipinski definition) is 5. The van der Waals surface area contributed by atoms with Crippen molar-refractivity contribution in [1.29, 1.82) is 0 Å². The van der Waals surface area contributed by atoms with Crippen molar-refractivity contribution in [2.75, 3.05) is 5.01 Å². The molecule has 0 bridgehead atoms. The number of hydrazine groups is 1. The van der Waals surface area contributed by atoms with Gasteiger partial charge in [-0.2, -0.15) is 4.72 Å². The maximum atomic E-state index is 13.5. The van der Waals surface area contributed by atoms with Crippen LogP contribution in [0.4, 0.5) is 5.69 Å². The molecule has 0 spiro atoms. The van der Waals surface area contributed by atoms with E-state index in [9.17, 15) is 23.1 Å². The van der Waals surface area contributed by atoms with Gasteiger partial charge in [-0.25, -0.2) is 13.4 Å². The summed E-state index contributed by atoms with van der Waals surface area (Å²) in [4.78, 5) is 26.8. The molecule has 3 N–H and O–H groups in total. The van der Waals surface area contributed by atoms with Gasteiger partial charge in [-0.15, -0.1) is 0 Å². The van der Waals surface area contributed by atoms with E-state index in [4.69, 9.17) is 0 Å². The summed E-state index contributed by atoms with van der Waals surface area (Å²) >= 11 is 3.35. The number of halogens is 1. The average Bonchev–Trinajstić information content (AvgIpc) is 2.84. The summed E-state index contributed by atoms with van der Waals surface area (Å²) in [5.74, 6) is -1.40. The molecule has 0 radical (unpaired) electrons. The van der Waals surface area contributed by atoms with E-state index in [1.54, 1.807) is 36.4 Å². The molecular weight excluding hydrogens is 546 g/mol. The van der Waals surface area contributed by atoms with E-state index >= 15 is 0 Å². The van der Waals surface area contributed by atoms with Crippen LogP contribution in [0, 0.1) is 6.92 Å². The molecule has 2 aromatic rings. The molecule has 0 aliphatic heterocycles. The van der Waals surface area contributed by atoms with Crippen LogP contribution in [0.5, 0.6) is 0 Å². The fourth-order valence-electron chi connectivity index (χ4n) is 3.60. The van der Waals surface area contributed by atoms with Gasteiger partial charge >= 0.3 is 0 Å². The second-order valence-corrected chi connectivity index (χ2v) is 11.6. The summed E-state index contributed by atoms with van der Waals surface area (Å²) in [6.45, 7) is 7.19. The molecule has 2 rings (SSSR count). The first kappa shape index (κ1) is 30.0. The number of nitrogens with one attached hydrogen (secondary N) is 2. The van der Waals surface area contributed by atoms with Crippen molar-refractivity contribution in [2.45, 2.75) is 82.8 Å². The number of sulfonamides is 1. The molecular formula is C26H36BrN3O5S. The van der Waals surface area contributed by atoms with Crippen LogP contribution in [0.2, 0.25) is 0 Å². The van der Waals surface area contributed by atoms with E-state index in [2.05, 4.69) is 26.1 Å². The minimum atomic E-state index is -3.99. The van der Waals surface area contributed by atoms with Gasteiger partial charge < -0.3 is 5.11 Å². The lowest BCUT2D eigenvalue weighted by atomic mass is 9.90. The molecule has 0 heterocycles. The third kappa shape index (κ3) is 8.12. The highest BCUT2D eigenvalue weighted by Gasteiger charge is 2.37. The number of amides is 2. The molecule has 36 heavy (non-hydrogen) atoms. The number of hydrogen-bond donors (Lipinski definition) is 3. The van der Waals surface area contributed by atoms with E-state index in [0.717, 1.165) is 27.9 Å². The Labute approximate surface area is 222 Å². The lowest BCUT2D eigenvalue weighted by Crippen LogP contribution is -2.59. The van der Waals surface area contributed by atoms with Crippen LogP contribution >= 0.6 is 15.9 Å². The van der Waals surface area contributed by atoms with Gasteiger partial charge in [0, 0.05) is 4.47 Å². The number of anilines is 1. The van der Waals surface area contributed by atoms with Crippen LogP contribution in [-0.4, -0.2) is 37.0 Å². The molecule has 8 nitrogen and oxygen atoms in total. The van der Waals surface area contributed by atoms with Crippen LogP contribution < -0.4 is 15.2 Å². The predicted octanol–water partition coefficient (Wildman–Crippen LogP) is 4.60. The van der Waals surface area contributed by atoms with Crippen molar-refractivity contribution in [3.05, 3.63) is 58.6 Å². The summed E-state index contributed by atoms with van der Waals surface area (Å²) in [5, 5.41) is 12.2. The Morgan fingerprint density at radius 2 is 1.53 bits per heavy atom. The zero-order chi connectivity index (χ0) is 26.9. The second-order valence-electron chi connectivity index (χ2n) is 8.99. The summed E-state index contributed by atoms with van der Waals surface area (Å²) in [7, 11) is -3.99. The number of unbranched alkanes of at least 4 members (excludes halogenated alkanes) is 2. The van der Waals surface area contributed by atoms with Crippen LogP contribution in [-0.2, 0) is 19.6 Å². The van der Waals surface area contributed by atoms with E-state index in [1.807, 2.05) is 20.8 Å². The van der Waals surface area contributed by atoms with Crippen molar-refractivity contribution in [1.82, 2.24) is 10.1 Å². The molecule has 0 aromatic heterocycles. The van der Waals surface area contributed by atoms with Crippen LogP contribution in [0.15, 0.2) is 57.9 Å². The van der Waals surface area contributed by atoms with Crippen molar-refractivity contribution < 1.29 is 23.1 Å². The van der Waals surface area contributed by atoms with E-state index < -0.39 is 33.5 Å². The summed E-state index contributed by atoms with van der Waals surface area (Å²) in [6.07, 6.45) is 3.41. The Hall–Kier alpha value is -2.27. The number of aryl methyl sites for hydroxylation is 1. The summed E-state index contributed by atoms with van der Waals surface area (Å²) < 4.78 is 28.9. The number of benzene rings is 2. The SMILES string of the molecule is CCCCC(O)(CCCC)C(=O)NN(C(=O)[C@@H](C)NS(=O)(=O)c1ccc(C)cc1)c1ccc(Br)cc1. The first-order valence-corrected chi connectivity index (χ1v) is 14.4. The standard InChI is InChI=1S/C26H36BrN3O5S/c1-5-7-17-26(33,18-8-6-2)25(32)28-30(22-13-11-21(27)12-14-22)24(31)20(4)29-36(34,35)23-15-9-19(3)10-16-23/h9-16,20,29,33H,5-8,17-18H2,1-4H3,(H,28,32)/t20-/m1/s1. The normalized spacial score (nSPS) is 12.7. The van der Waals surface area contributed by atoms with E-state index in [0.29, 0.717) is 18.5 Å². The Bertz CT molecular complexity index is 1110. The van der Waals surface area contributed by atoms with Crippen molar-refractivity contribution in [2.24, 2.45) is 0 Å². The fraction of sp³-hybridized carbons (Fsp3) is 0.462. The molecule has 0 unspecified atom stereocenters. The molecule has 0 aliphatic carbocycles. The number of aliphatic hydroxyl groups is 1. The largest absolute Gasteiger partial charge is 0.380 e. The maximum Gasteiger partial charge on any atom is 0.270 e. The minimum absolute atomic E-state index is 0.0282. The molecule has 198 valence electrons. The smallest absolute Gasteiger partial charge is 0.270 e. The molecule has 10 heteroatoms. The molecule has 2 aromatic carbocycles. The first-order valence-electron chi connectivity index (χ1n) is 12.2.